The molecule has 2 atom stereocenters. The Hall–Kier alpha value is -2.18. The van der Waals surface area contributed by atoms with Crippen LogP contribution in [0.5, 0.6) is 0 Å². The average Bonchev–Trinajstić information content (AvgIpc) is 3.04. The summed E-state index contributed by atoms with van der Waals surface area (Å²) in [6.07, 6.45) is 0.808. The third-order valence-corrected chi connectivity index (χ3v) is 4.70. The van der Waals surface area contributed by atoms with Gasteiger partial charge in [-0.2, -0.15) is 0 Å². The first-order chi connectivity index (χ1) is 12.0. The highest BCUT2D eigenvalue weighted by Gasteiger charge is 2.25. The van der Waals surface area contributed by atoms with E-state index < -0.39 is 0 Å². The van der Waals surface area contributed by atoms with E-state index in [0.29, 0.717) is 18.9 Å². The lowest BCUT2D eigenvalue weighted by Crippen LogP contribution is -2.14. The second kappa shape index (κ2) is 7.37. The van der Waals surface area contributed by atoms with E-state index >= 15 is 0 Å². The second-order valence-electron chi connectivity index (χ2n) is 6.40. The monoisotopic (exact) mass is 360 g/mol. The smallest absolute Gasteiger partial charge is 0.224 e. The molecule has 132 valence electrons. The van der Waals surface area contributed by atoms with Crippen LogP contribution in [-0.2, 0) is 17.9 Å². The first-order valence-electron chi connectivity index (χ1n) is 8.23. The van der Waals surface area contributed by atoms with Gasteiger partial charge >= 0.3 is 0 Å². The van der Waals surface area contributed by atoms with Gasteiger partial charge in [-0.15, -0.1) is 0 Å². The van der Waals surface area contributed by atoms with E-state index in [-0.39, 0.29) is 23.9 Å². The van der Waals surface area contributed by atoms with Gasteiger partial charge in [0.25, 0.3) is 0 Å². The quantitative estimate of drug-likeness (QED) is 0.611. The molecule has 3 rings (SSSR count). The van der Waals surface area contributed by atoms with Crippen molar-refractivity contribution in [1.82, 2.24) is 14.9 Å². The summed E-state index contributed by atoms with van der Waals surface area (Å²) in [6, 6.07) is 8.11. The number of nitrogens with zero attached hydrogens (tertiary/aromatic N) is 3. The van der Waals surface area contributed by atoms with Crippen LogP contribution in [0, 0.1) is 0 Å². The molecule has 2 heterocycles. The van der Waals surface area contributed by atoms with Crippen molar-refractivity contribution in [3.63, 3.8) is 0 Å². The Labute approximate surface area is 151 Å². The number of hydrogen-bond acceptors (Lipinski definition) is 5. The van der Waals surface area contributed by atoms with Gasteiger partial charge < -0.3 is 15.3 Å². The Morgan fingerprint density at radius 3 is 2.80 bits per heavy atom. The van der Waals surface area contributed by atoms with Crippen molar-refractivity contribution in [1.29, 1.82) is 0 Å². The summed E-state index contributed by atoms with van der Waals surface area (Å²) in [4.78, 5) is 21.2. The first-order valence-corrected chi connectivity index (χ1v) is 8.61. The van der Waals surface area contributed by atoms with Gasteiger partial charge in [-0.25, -0.2) is 9.97 Å². The van der Waals surface area contributed by atoms with Crippen molar-refractivity contribution in [2.75, 3.05) is 11.9 Å². The van der Waals surface area contributed by atoms with E-state index in [1.54, 1.807) is 4.90 Å². The second-order valence-corrected chi connectivity index (χ2v) is 6.73. The van der Waals surface area contributed by atoms with Gasteiger partial charge in [0.05, 0.1) is 18.8 Å². The number of rotatable bonds is 6. The number of aromatic nitrogens is 2. The maximum atomic E-state index is 11.0. The molecule has 0 bridgehead atoms. The number of amides is 1. The predicted octanol–water partition coefficient (Wildman–Crippen LogP) is 2.87. The van der Waals surface area contributed by atoms with Crippen LogP contribution >= 0.6 is 11.6 Å². The van der Waals surface area contributed by atoms with Gasteiger partial charge in [-0.1, -0.05) is 31.2 Å². The topological polar surface area (TPSA) is 78.3 Å². The zero-order chi connectivity index (χ0) is 18.0. The number of anilines is 1. The van der Waals surface area contributed by atoms with Crippen LogP contribution in [0.25, 0.3) is 0 Å². The molecule has 2 aromatic rings. The van der Waals surface area contributed by atoms with Crippen molar-refractivity contribution in [3.05, 3.63) is 51.9 Å². The molecule has 1 aliphatic heterocycles. The lowest BCUT2D eigenvalue weighted by molar-refractivity contribution is -0.118. The molecule has 0 saturated carbocycles. The molecule has 0 radical (unpaired) electrons. The van der Waals surface area contributed by atoms with Crippen molar-refractivity contribution in [2.45, 2.75) is 38.9 Å². The standard InChI is InChI=1S/C18H21ClN4O2/c1-11(9-24)13-4-3-5-14(6-13)12(2)20-17-15-7-23(10-25)8-16(15)21-18(19)22-17/h3-6,10-12,24H,7-9H2,1-2H3,(H,20,21,22). The van der Waals surface area contributed by atoms with Crippen LogP contribution in [0.1, 0.15) is 48.2 Å². The Morgan fingerprint density at radius 2 is 2.08 bits per heavy atom. The van der Waals surface area contributed by atoms with E-state index in [9.17, 15) is 9.90 Å². The molecule has 1 aliphatic rings. The van der Waals surface area contributed by atoms with Crippen molar-refractivity contribution < 1.29 is 9.90 Å². The molecule has 0 spiro atoms. The minimum atomic E-state index is -0.00816. The largest absolute Gasteiger partial charge is 0.396 e. The number of carbonyl (C=O) groups is 1. The SMILES string of the molecule is CC(CO)c1cccc(C(C)Nc2nc(Cl)nc3c2CN(C=O)C3)c1. The fraction of sp³-hybridized carbons (Fsp3) is 0.389. The zero-order valence-corrected chi connectivity index (χ0v) is 15.0. The normalized spacial score (nSPS) is 15.6. The van der Waals surface area contributed by atoms with Crippen molar-refractivity contribution in [2.24, 2.45) is 0 Å². The minimum absolute atomic E-state index is 0.00816. The average molecular weight is 361 g/mol. The molecule has 0 saturated heterocycles. The van der Waals surface area contributed by atoms with Gasteiger partial charge in [0.2, 0.25) is 11.7 Å². The van der Waals surface area contributed by atoms with E-state index in [1.165, 1.54) is 0 Å². The molecule has 1 aromatic heterocycles. The van der Waals surface area contributed by atoms with Crippen LogP contribution in [0.3, 0.4) is 0 Å². The van der Waals surface area contributed by atoms with Crippen molar-refractivity contribution in [3.8, 4) is 0 Å². The van der Waals surface area contributed by atoms with Crippen LogP contribution in [-0.4, -0.2) is 33.0 Å². The summed E-state index contributed by atoms with van der Waals surface area (Å²) in [5.74, 6) is 0.749. The molecular weight excluding hydrogens is 340 g/mol. The molecule has 2 unspecified atom stereocenters. The fourth-order valence-corrected chi connectivity index (χ4v) is 3.16. The molecule has 1 aromatic carbocycles. The van der Waals surface area contributed by atoms with E-state index in [1.807, 2.05) is 32.0 Å². The lowest BCUT2D eigenvalue weighted by atomic mass is 9.97. The van der Waals surface area contributed by atoms with E-state index in [0.717, 1.165) is 28.8 Å². The van der Waals surface area contributed by atoms with E-state index in [2.05, 4.69) is 21.4 Å². The number of carbonyl (C=O) groups excluding carboxylic acids is 1. The third kappa shape index (κ3) is 3.75. The summed E-state index contributed by atoms with van der Waals surface area (Å²) in [5, 5.41) is 12.9. The first kappa shape index (κ1) is 17.6. The van der Waals surface area contributed by atoms with Gasteiger partial charge in [0.1, 0.15) is 5.82 Å². The minimum Gasteiger partial charge on any atom is -0.396 e. The van der Waals surface area contributed by atoms with Gasteiger partial charge in [0.15, 0.2) is 0 Å². The molecule has 0 aliphatic carbocycles. The van der Waals surface area contributed by atoms with Crippen molar-refractivity contribution >= 4 is 23.8 Å². The molecule has 25 heavy (non-hydrogen) atoms. The lowest BCUT2D eigenvalue weighted by Gasteiger charge is -2.19. The summed E-state index contributed by atoms with van der Waals surface area (Å²) in [5.41, 5.74) is 3.87. The zero-order valence-electron chi connectivity index (χ0n) is 14.2. The predicted molar refractivity (Wildman–Crippen MR) is 96.3 cm³/mol. The van der Waals surface area contributed by atoms with Crippen LogP contribution in [0.2, 0.25) is 5.28 Å². The maximum absolute atomic E-state index is 11.0. The van der Waals surface area contributed by atoms with Gasteiger partial charge in [0, 0.05) is 24.1 Å². The van der Waals surface area contributed by atoms with Crippen LogP contribution in [0.15, 0.2) is 24.3 Å². The highest BCUT2D eigenvalue weighted by Crippen LogP contribution is 2.30. The molecular formula is C18H21ClN4O2. The van der Waals surface area contributed by atoms with Crippen LogP contribution in [0.4, 0.5) is 5.82 Å². The number of aliphatic hydroxyl groups excluding tert-OH is 1. The number of fused-ring (bicyclic) bond motifs is 1. The van der Waals surface area contributed by atoms with Gasteiger partial charge in [-0.3, -0.25) is 4.79 Å². The Morgan fingerprint density at radius 1 is 1.32 bits per heavy atom. The summed E-state index contributed by atoms with van der Waals surface area (Å²) in [7, 11) is 0. The summed E-state index contributed by atoms with van der Waals surface area (Å²) < 4.78 is 0. The molecule has 2 N–H and O–H groups in total. The third-order valence-electron chi connectivity index (χ3n) is 4.54. The Balaban J connectivity index is 1.85. The molecule has 6 nitrogen and oxygen atoms in total. The fourth-order valence-electron chi connectivity index (χ4n) is 2.97. The molecule has 1 amide bonds. The maximum Gasteiger partial charge on any atom is 0.224 e. The Bertz CT molecular complexity index is 784. The molecule has 7 heteroatoms. The highest BCUT2D eigenvalue weighted by molar-refractivity contribution is 6.28. The number of halogens is 1. The number of nitrogens with one attached hydrogen (secondary N) is 1. The number of hydrogen-bond donors (Lipinski definition) is 2. The highest BCUT2D eigenvalue weighted by atomic mass is 35.5. The van der Waals surface area contributed by atoms with Gasteiger partial charge in [-0.05, 0) is 29.7 Å². The molecule has 0 fully saturated rings. The Kier molecular flexibility index (Phi) is 5.20. The number of benzene rings is 1. The number of aliphatic hydroxyl groups is 1. The van der Waals surface area contributed by atoms with E-state index in [4.69, 9.17) is 11.6 Å². The van der Waals surface area contributed by atoms with Crippen LogP contribution < -0.4 is 5.32 Å². The summed E-state index contributed by atoms with van der Waals surface area (Å²) >= 11 is 6.04. The summed E-state index contributed by atoms with van der Waals surface area (Å²) in [6.45, 7) is 5.07.